The standard InChI is InChI=1S/C18H22N2O2/c1-3-15-13-22-18(19-15)16-9-7-11-20(16)12-14-8-5-6-10-17(14)21-4-2/h5-11,15H,3-4,12-13H2,1-2H3/t15-/m0/s1. The van der Waals surface area contributed by atoms with Gasteiger partial charge in [0.15, 0.2) is 0 Å². The summed E-state index contributed by atoms with van der Waals surface area (Å²) in [6, 6.07) is 12.5. The molecule has 0 spiro atoms. The summed E-state index contributed by atoms with van der Waals surface area (Å²) in [7, 11) is 0. The van der Waals surface area contributed by atoms with E-state index in [1.807, 2.05) is 31.2 Å². The molecule has 0 aliphatic carbocycles. The van der Waals surface area contributed by atoms with Crippen LogP contribution in [0.15, 0.2) is 47.6 Å². The van der Waals surface area contributed by atoms with Gasteiger partial charge in [0.2, 0.25) is 5.90 Å². The molecule has 3 rings (SSSR count). The Morgan fingerprint density at radius 1 is 1.23 bits per heavy atom. The maximum Gasteiger partial charge on any atom is 0.233 e. The van der Waals surface area contributed by atoms with E-state index < -0.39 is 0 Å². The van der Waals surface area contributed by atoms with E-state index in [-0.39, 0.29) is 6.04 Å². The van der Waals surface area contributed by atoms with Crippen LogP contribution >= 0.6 is 0 Å². The SMILES string of the molecule is CCOc1ccccc1Cn1cccc1C1=N[C@@H](CC)CO1. The van der Waals surface area contributed by atoms with Gasteiger partial charge in [-0.25, -0.2) is 4.99 Å². The predicted octanol–water partition coefficient (Wildman–Crippen LogP) is 3.49. The van der Waals surface area contributed by atoms with Crippen molar-refractivity contribution in [3.8, 4) is 5.75 Å². The van der Waals surface area contributed by atoms with Crippen molar-refractivity contribution >= 4 is 5.90 Å². The quantitative estimate of drug-likeness (QED) is 0.818. The van der Waals surface area contributed by atoms with E-state index in [1.54, 1.807) is 0 Å². The average Bonchev–Trinajstić information content (AvgIpc) is 3.18. The van der Waals surface area contributed by atoms with Gasteiger partial charge in [-0.05, 0) is 31.5 Å². The van der Waals surface area contributed by atoms with Gasteiger partial charge in [-0.3, -0.25) is 0 Å². The molecule has 116 valence electrons. The van der Waals surface area contributed by atoms with E-state index in [0.29, 0.717) is 13.2 Å². The van der Waals surface area contributed by atoms with Gasteiger partial charge in [-0.15, -0.1) is 0 Å². The molecule has 0 fully saturated rings. The summed E-state index contributed by atoms with van der Waals surface area (Å²) < 4.78 is 13.6. The fourth-order valence-electron chi connectivity index (χ4n) is 2.63. The van der Waals surface area contributed by atoms with Crippen LogP contribution < -0.4 is 4.74 Å². The maximum atomic E-state index is 5.75. The summed E-state index contributed by atoms with van der Waals surface area (Å²) in [6.45, 7) is 6.25. The second kappa shape index (κ2) is 6.69. The number of ether oxygens (including phenoxy) is 2. The molecule has 4 nitrogen and oxygen atoms in total. The van der Waals surface area contributed by atoms with Gasteiger partial charge in [0.25, 0.3) is 0 Å². The molecule has 0 radical (unpaired) electrons. The molecule has 2 heterocycles. The third kappa shape index (κ3) is 3.01. The Labute approximate surface area is 131 Å². The number of hydrogen-bond acceptors (Lipinski definition) is 3. The van der Waals surface area contributed by atoms with Gasteiger partial charge in [0.05, 0.1) is 19.2 Å². The Kier molecular flexibility index (Phi) is 4.47. The van der Waals surface area contributed by atoms with Gasteiger partial charge in [-0.2, -0.15) is 0 Å². The summed E-state index contributed by atoms with van der Waals surface area (Å²) in [6.07, 6.45) is 3.07. The van der Waals surface area contributed by atoms with Crippen LogP contribution in [-0.2, 0) is 11.3 Å². The molecule has 1 aromatic carbocycles. The highest BCUT2D eigenvalue weighted by Crippen LogP contribution is 2.21. The molecule has 4 heteroatoms. The number of benzene rings is 1. The van der Waals surface area contributed by atoms with Crippen molar-refractivity contribution in [3.63, 3.8) is 0 Å². The third-order valence-electron chi connectivity index (χ3n) is 3.85. The maximum absolute atomic E-state index is 5.75. The zero-order valence-electron chi connectivity index (χ0n) is 13.2. The number of rotatable bonds is 6. The zero-order chi connectivity index (χ0) is 15.4. The first kappa shape index (κ1) is 14.7. The lowest BCUT2D eigenvalue weighted by Crippen LogP contribution is -2.11. The van der Waals surface area contributed by atoms with Crippen LogP contribution in [0.25, 0.3) is 0 Å². The van der Waals surface area contributed by atoms with Crippen molar-refractivity contribution in [3.05, 3.63) is 53.9 Å². The van der Waals surface area contributed by atoms with E-state index in [2.05, 4.69) is 34.8 Å². The second-order valence-corrected chi connectivity index (χ2v) is 5.37. The first-order valence-corrected chi connectivity index (χ1v) is 7.88. The van der Waals surface area contributed by atoms with Gasteiger partial charge in [0, 0.05) is 11.8 Å². The fraction of sp³-hybridized carbons (Fsp3) is 0.389. The molecule has 0 N–H and O–H groups in total. The molecular formula is C18H22N2O2. The van der Waals surface area contributed by atoms with Crippen molar-refractivity contribution in [1.29, 1.82) is 0 Å². The highest BCUT2D eigenvalue weighted by molar-refractivity contribution is 5.93. The van der Waals surface area contributed by atoms with Crippen molar-refractivity contribution in [2.24, 2.45) is 4.99 Å². The van der Waals surface area contributed by atoms with Crippen molar-refractivity contribution < 1.29 is 9.47 Å². The lowest BCUT2D eigenvalue weighted by atomic mass is 10.2. The number of aromatic nitrogens is 1. The monoisotopic (exact) mass is 298 g/mol. The summed E-state index contributed by atoms with van der Waals surface area (Å²) in [4.78, 5) is 4.65. The molecular weight excluding hydrogens is 276 g/mol. The normalized spacial score (nSPS) is 17.2. The van der Waals surface area contributed by atoms with Gasteiger partial charge < -0.3 is 14.0 Å². The topological polar surface area (TPSA) is 35.8 Å². The van der Waals surface area contributed by atoms with Crippen LogP contribution in [0.2, 0.25) is 0 Å². The number of para-hydroxylation sites is 1. The predicted molar refractivity (Wildman–Crippen MR) is 87.7 cm³/mol. The van der Waals surface area contributed by atoms with Crippen LogP contribution in [-0.4, -0.2) is 29.7 Å². The van der Waals surface area contributed by atoms with E-state index in [1.165, 1.54) is 0 Å². The molecule has 0 amide bonds. The van der Waals surface area contributed by atoms with Crippen molar-refractivity contribution in [2.75, 3.05) is 13.2 Å². The first-order chi connectivity index (χ1) is 10.8. The Balaban J connectivity index is 1.84. The minimum Gasteiger partial charge on any atom is -0.494 e. The summed E-state index contributed by atoms with van der Waals surface area (Å²) in [5, 5.41) is 0. The lowest BCUT2D eigenvalue weighted by molar-refractivity contribution is 0.313. The molecule has 0 saturated carbocycles. The van der Waals surface area contributed by atoms with E-state index in [9.17, 15) is 0 Å². The molecule has 0 bridgehead atoms. The minimum atomic E-state index is 0.286. The largest absolute Gasteiger partial charge is 0.494 e. The average molecular weight is 298 g/mol. The molecule has 1 aromatic heterocycles. The molecule has 0 saturated heterocycles. The lowest BCUT2D eigenvalue weighted by Gasteiger charge is -2.13. The highest BCUT2D eigenvalue weighted by Gasteiger charge is 2.21. The smallest absolute Gasteiger partial charge is 0.233 e. The Hall–Kier alpha value is -2.23. The van der Waals surface area contributed by atoms with Gasteiger partial charge >= 0.3 is 0 Å². The van der Waals surface area contributed by atoms with Crippen LogP contribution in [0.3, 0.4) is 0 Å². The van der Waals surface area contributed by atoms with E-state index in [4.69, 9.17) is 9.47 Å². The van der Waals surface area contributed by atoms with Gasteiger partial charge in [-0.1, -0.05) is 25.1 Å². The molecule has 22 heavy (non-hydrogen) atoms. The summed E-state index contributed by atoms with van der Waals surface area (Å²) in [5.41, 5.74) is 2.19. The molecule has 1 atom stereocenters. The van der Waals surface area contributed by atoms with Crippen LogP contribution in [0.5, 0.6) is 5.75 Å². The molecule has 2 aromatic rings. The Morgan fingerprint density at radius 3 is 2.86 bits per heavy atom. The zero-order valence-corrected chi connectivity index (χ0v) is 13.2. The Morgan fingerprint density at radius 2 is 2.09 bits per heavy atom. The van der Waals surface area contributed by atoms with Crippen LogP contribution in [0, 0.1) is 0 Å². The first-order valence-electron chi connectivity index (χ1n) is 7.88. The van der Waals surface area contributed by atoms with Crippen molar-refractivity contribution in [2.45, 2.75) is 32.9 Å². The van der Waals surface area contributed by atoms with E-state index in [0.717, 1.165) is 35.9 Å². The number of hydrogen-bond donors (Lipinski definition) is 0. The molecule has 1 aliphatic rings. The van der Waals surface area contributed by atoms with Crippen LogP contribution in [0.1, 0.15) is 31.5 Å². The second-order valence-electron chi connectivity index (χ2n) is 5.37. The van der Waals surface area contributed by atoms with Crippen LogP contribution in [0.4, 0.5) is 0 Å². The van der Waals surface area contributed by atoms with Crippen molar-refractivity contribution in [1.82, 2.24) is 4.57 Å². The molecule has 1 aliphatic heterocycles. The Bertz CT molecular complexity index is 661. The molecule has 0 unspecified atom stereocenters. The van der Waals surface area contributed by atoms with E-state index >= 15 is 0 Å². The summed E-state index contributed by atoms with van der Waals surface area (Å²) >= 11 is 0. The summed E-state index contributed by atoms with van der Waals surface area (Å²) in [5.74, 6) is 1.69. The third-order valence-corrected chi connectivity index (χ3v) is 3.85. The minimum absolute atomic E-state index is 0.286. The fourth-order valence-corrected chi connectivity index (χ4v) is 2.63. The van der Waals surface area contributed by atoms with Gasteiger partial charge in [0.1, 0.15) is 18.1 Å². The number of aliphatic imine (C=N–C) groups is 1. The highest BCUT2D eigenvalue weighted by atomic mass is 16.5. The number of nitrogens with zero attached hydrogens (tertiary/aromatic N) is 2.